The highest BCUT2D eigenvalue weighted by Gasteiger charge is 2.35. The van der Waals surface area contributed by atoms with Crippen LogP contribution in [0.1, 0.15) is 36.2 Å². The first kappa shape index (κ1) is 17.9. The summed E-state index contributed by atoms with van der Waals surface area (Å²) in [5.41, 5.74) is -2.03. The second-order valence-electron chi connectivity index (χ2n) is 4.97. The fourth-order valence-electron chi connectivity index (χ4n) is 1.86. The molecule has 21 heavy (non-hydrogen) atoms. The molecule has 0 spiro atoms. The summed E-state index contributed by atoms with van der Waals surface area (Å²) in [4.78, 5) is 12.0. The van der Waals surface area contributed by atoms with Crippen molar-refractivity contribution in [2.24, 2.45) is 5.92 Å². The lowest BCUT2D eigenvalue weighted by atomic mass is 10.0. The van der Waals surface area contributed by atoms with Gasteiger partial charge in [-0.2, -0.15) is 13.2 Å². The first-order valence-corrected chi connectivity index (χ1v) is 7.53. The van der Waals surface area contributed by atoms with Crippen molar-refractivity contribution in [3.05, 3.63) is 35.1 Å². The highest BCUT2D eigenvalue weighted by Crippen LogP contribution is 2.32. The smallest absolute Gasteiger partial charge is 0.349 e. The number of halogens is 5. The molecule has 0 aliphatic heterocycles. The van der Waals surface area contributed by atoms with E-state index < -0.39 is 29.0 Å². The number of hydrogen-bond donors (Lipinski definition) is 1. The third-order valence-corrected chi connectivity index (χ3v) is 3.55. The minimum atomic E-state index is -4.83. The number of hydrogen-bond acceptors (Lipinski definition) is 1. The number of benzene rings is 1. The van der Waals surface area contributed by atoms with E-state index in [4.69, 9.17) is 0 Å². The first-order valence-electron chi connectivity index (χ1n) is 6.41. The van der Waals surface area contributed by atoms with Crippen LogP contribution in [0.15, 0.2) is 18.2 Å². The summed E-state index contributed by atoms with van der Waals surface area (Å²) >= 11 is 3.24. The zero-order chi connectivity index (χ0) is 16.2. The molecule has 0 aromatic heterocycles. The van der Waals surface area contributed by atoms with Crippen molar-refractivity contribution < 1.29 is 22.4 Å². The van der Waals surface area contributed by atoms with Crippen LogP contribution in [0.3, 0.4) is 0 Å². The summed E-state index contributed by atoms with van der Waals surface area (Å²) in [5, 5.41) is 3.20. The Morgan fingerprint density at radius 1 is 1.33 bits per heavy atom. The summed E-state index contributed by atoms with van der Waals surface area (Å²) < 4.78 is 51.7. The Balaban J connectivity index is 3.03. The van der Waals surface area contributed by atoms with Gasteiger partial charge in [-0.25, -0.2) is 4.39 Å². The van der Waals surface area contributed by atoms with Gasteiger partial charge in [0.15, 0.2) is 0 Å². The van der Waals surface area contributed by atoms with Crippen molar-refractivity contribution >= 4 is 21.8 Å². The van der Waals surface area contributed by atoms with Gasteiger partial charge in [-0.3, -0.25) is 4.79 Å². The largest absolute Gasteiger partial charge is 0.419 e. The predicted molar refractivity (Wildman–Crippen MR) is 75.9 cm³/mol. The fraction of sp³-hybridized carbons (Fsp3) is 0.500. The van der Waals surface area contributed by atoms with Crippen LogP contribution in [0.5, 0.6) is 0 Å². The molecule has 0 heterocycles. The number of nitrogens with one attached hydrogen (secondary N) is 1. The van der Waals surface area contributed by atoms with Crippen LogP contribution in [0.25, 0.3) is 0 Å². The lowest BCUT2D eigenvalue weighted by molar-refractivity contribution is -0.140. The van der Waals surface area contributed by atoms with E-state index in [0.717, 1.165) is 12.1 Å². The molecular weight excluding hydrogens is 354 g/mol. The van der Waals surface area contributed by atoms with Crippen molar-refractivity contribution in [2.45, 2.75) is 32.5 Å². The summed E-state index contributed by atoms with van der Waals surface area (Å²) in [7, 11) is 0. The maximum atomic E-state index is 13.9. The van der Waals surface area contributed by atoms with Crippen molar-refractivity contribution in [1.82, 2.24) is 5.32 Å². The van der Waals surface area contributed by atoms with Crippen molar-refractivity contribution in [2.75, 3.05) is 5.33 Å². The zero-order valence-electron chi connectivity index (χ0n) is 11.6. The number of rotatable bonds is 5. The molecule has 118 valence electrons. The average molecular weight is 370 g/mol. The van der Waals surface area contributed by atoms with Crippen LogP contribution in [-0.2, 0) is 6.18 Å². The highest BCUT2D eigenvalue weighted by molar-refractivity contribution is 9.09. The molecule has 1 unspecified atom stereocenters. The molecule has 0 saturated heterocycles. The Labute approximate surface area is 129 Å². The standard InChI is InChI=1S/C14H16BrF4NO/c1-8(2)11(6-7-15)20-13(21)9-4-3-5-10(12(9)16)14(17,18)19/h3-5,8,11H,6-7H2,1-2H3,(H,20,21). The van der Waals surface area contributed by atoms with Gasteiger partial charge in [0, 0.05) is 11.4 Å². The Bertz CT molecular complexity index is 502. The lowest BCUT2D eigenvalue weighted by Gasteiger charge is -2.22. The minimum Gasteiger partial charge on any atom is -0.349 e. The van der Waals surface area contributed by atoms with Gasteiger partial charge in [-0.05, 0) is 24.5 Å². The second-order valence-corrected chi connectivity index (χ2v) is 5.76. The molecule has 1 N–H and O–H groups in total. The van der Waals surface area contributed by atoms with E-state index in [1.807, 2.05) is 13.8 Å². The van der Waals surface area contributed by atoms with Crippen LogP contribution < -0.4 is 5.32 Å². The molecule has 0 radical (unpaired) electrons. The summed E-state index contributed by atoms with van der Waals surface area (Å²) in [6, 6.07) is 2.44. The van der Waals surface area contributed by atoms with E-state index in [2.05, 4.69) is 21.2 Å². The van der Waals surface area contributed by atoms with Gasteiger partial charge in [-0.15, -0.1) is 0 Å². The molecule has 0 fully saturated rings. The van der Waals surface area contributed by atoms with Crippen LogP contribution in [0.2, 0.25) is 0 Å². The van der Waals surface area contributed by atoms with Gasteiger partial charge in [0.25, 0.3) is 5.91 Å². The number of amides is 1. The molecule has 1 amide bonds. The van der Waals surface area contributed by atoms with E-state index in [1.165, 1.54) is 0 Å². The van der Waals surface area contributed by atoms with Crippen LogP contribution in [-0.4, -0.2) is 17.3 Å². The average Bonchev–Trinajstić information content (AvgIpc) is 2.36. The summed E-state index contributed by atoms with van der Waals surface area (Å²) in [6.07, 6.45) is -4.22. The van der Waals surface area contributed by atoms with Gasteiger partial charge in [0.1, 0.15) is 5.82 Å². The van der Waals surface area contributed by atoms with Gasteiger partial charge in [-0.1, -0.05) is 35.8 Å². The molecule has 1 aromatic rings. The quantitative estimate of drug-likeness (QED) is 0.605. The van der Waals surface area contributed by atoms with E-state index in [0.29, 0.717) is 17.8 Å². The molecule has 1 rings (SSSR count). The van der Waals surface area contributed by atoms with Crippen molar-refractivity contribution in [3.8, 4) is 0 Å². The van der Waals surface area contributed by atoms with E-state index in [9.17, 15) is 22.4 Å². The third-order valence-electron chi connectivity index (χ3n) is 3.09. The van der Waals surface area contributed by atoms with Crippen LogP contribution >= 0.6 is 15.9 Å². The fourth-order valence-corrected chi connectivity index (χ4v) is 2.36. The minimum absolute atomic E-state index is 0.0837. The predicted octanol–water partition coefficient (Wildman–Crippen LogP) is 4.38. The van der Waals surface area contributed by atoms with E-state index in [-0.39, 0.29) is 12.0 Å². The maximum Gasteiger partial charge on any atom is 0.419 e. The monoisotopic (exact) mass is 369 g/mol. The molecule has 0 bridgehead atoms. The Morgan fingerprint density at radius 2 is 1.95 bits per heavy atom. The molecule has 7 heteroatoms. The molecule has 1 atom stereocenters. The summed E-state index contributed by atoms with van der Waals surface area (Å²) in [6.45, 7) is 3.74. The topological polar surface area (TPSA) is 29.1 Å². The number of alkyl halides is 4. The lowest BCUT2D eigenvalue weighted by Crippen LogP contribution is -2.39. The van der Waals surface area contributed by atoms with Crippen LogP contribution in [0, 0.1) is 11.7 Å². The Hall–Kier alpha value is -1.11. The van der Waals surface area contributed by atoms with E-state index >= 15 is 0 Å². The third kappa shape index (κ3) is 4.69. The molecule has 0 aliphatic rings. The van der Waals surface area contributed by atoms with Gasteiger partial charge in [0.2, 0.25) is 0 Å². The van der Waals surface area contributed by atoms with Gasteiger partial charge in [0.05, 0.1) is 11.1 Å². The van der Waals surface area contributed by atoms with Crippen molar-refractivity contribution in [3.63, 3.8) is 0 Å². The Kier molecular flexibility index (Phi) is 6.19. The second kappa shape index (κ2) is 7.24. The molecule has 1 aromatic carbocycles. The van der Waals surface area contributed by atoms with Crippen LogP contribution in [0.4, 0.5) is 17.6 Å². The molecule has 2 nitrogen and oxygen atoms in total. The highest BCUT2D eigenvalue weighted by atomic mass is 79.9. The summed E-state index contributed by atoms with van der Waals surface area (Å²) in [5.74, 6) is -2.29. The number of carbonyl (C=O) groups excluding carboxylic acids is 1. The van der Waals surface area contributed by atoms with Crippen molar-refractivity contribution in [1.29, 1.82) is 0 Å². The molecule has 0 saturated carbocycles. The molecular formula is C14H16BrF4NO. The number of carbonyl (C=O) groups is 1. The zero-order valence-corrected chi connectivity index (χ0v) is 13.2. The van der Waals surface area contributed by atoms with Gasteiger partial charge >= 0.3 is 6.18 Å². The molecule has 0 aliphatic carbocycles. The first-order chi connectivity index (χ1) is 9.68. The van der Waals surface area contributed by atoms with Gasteiger partial charge < -0.3 is 5.32 Å². The normalized spacial score (nSPS) is 13.3. The maximum absolute atomic E-state index is 13.9. The SMILES string of the molecule is CC(C)C(CCBr)NC(=O)c1cccc(C(F)(F)F)c1F. The van der Waals surface area contributed by atoms with E-state index in [1.54, 1.807) is 0 Å². The Morgan fingerprint density at radius 3 is 2.43 bits per heavy atom.